The van der Waals surface area contributed by atoms with Gasteiger partial charge in [0, 0.05) is 6.42 Å². The fourth-order valence-corrected chi connectivity index (χ4v) is 4.49. The fraction of sp³-hybridized carbons (Fsp3) is 0.483. The number of aryl methyl sites for hydroxylation is 1. The highest BCUT2D eigenvalue weighted by molar-refractivity contribution is 5.22. The molecular formula is C29H41N2+. The van der Waals surface area contributed by atoms with Crippen LogP contribution in [-0.2, 0) is 25.9 Å². The summed E-state index contributed by atoms with van der Waals surface area (Å²) in [6.45, 7) is 9.21. The standard InChI is InChI=1S/C29H41N2/c1-4-6-8-15-21-31-28(22-25(3)27-18-13-10-14-19-27)24-30(20-7-5-2)29(31)23-26-16-11-9-12-17-26/h9-14,16-19,24-25H,4-8,15,20-23H2,1-3H3/q+1. The summed E-state index contributed by atoms with van der Waals surface area (Å²) < 4.78 is 5.22. The van der Waals surface area contributed by atoms with Crippen LogP contribution in [0.1, 0.15) is 87.9 Å². The molecule has 1 unspecified atom stereocenters. The zero-order chi connectivity index (χ0) is 21.9. The van der Waals surface area contributed by atoms with Crippen molar-refractivity contribution in [2.45, 2.75) is 91.1 Å². The number of rotatable bonds is 13. The van der Waals surface area contributed by atoms with Crippen molar-refractivity contribution in [1.29, 1.82) is 0 Å². The Morgan fingerprint density at radius 1 is 0.806 bits per heavy atom. The van der Waals surface area contributed by atoms with E-state index in [1.165, 1.54) is 61.2 Å². The first-order valence-corrected chi connectivity index (χ1v) is 12.4. The first-order chi connectivity index (χ1) is 15.2. The molecule has 1 heterocycles. The van der Waals surface area contributed by atoms with Gasteiger partial charge in [0.15, 0.2) is 0 Å². The fourth-order valence-electron chi connectivity index (χ4n) is 4.49. The molecule has 0 amide bonds. The summed E-state index contributed by atoms with van der Waals surface area (Å²) in [6, 6.07) is 22.0. The zero-order valence-electron chi connectivity index (χ0n) is 19.9. The Kier molecular flexibility index (Phi) is 9.39. The second-order valence-corrected chi connectivity index (χ2v) is 8.97. The molecule has 3 rings (SSSR count). The van der Waals surface area contributed by atoms with Crippen LogP contribution in [0.5, 0.6) is 0 Å². The lowest BCUT2D eigenvalue weighted by atomic mass is 9.96. The van der Waals surface area contributed by atoms with Crippen LogP contribution in [0, 0.1) is 0 Å². The van der Waals surface area contributed by atoms with E-state index in [1.807, 2.05) is 0 Å². The Morgan fingerprint density at radius 3 is 2.16 bits per heavy atom. The van der Waals surface area contributed by atoms with E-state index in [4.69, 9.17) is 0 Å². The van der Waals surface area contributed by atoms with E-state index < -0.39 is 0 Å². The molecule has 0 N–H and O–H groups in total. The maximum absolute atomic E-state index is 2.66. The number of benzene rings is 2. The van der Waals surface area contributed by atoms with Crippen molar-refractivity contribution >= 4 is 0 Å². The summed E-state index contributed by atoms with van der Waals surface area (Å²) in [4.78, 5) is 0. The molecular weight excluding hydrogens is 376 g/mol. The van der Waals surface area contributed by atoms with Crippen LogP contribution in [0.15, 0.2) is 66.9 Å². The number of hydrogen-bond acceptors (Lipinski definition) is 0. The normalized spacial score (nSPS) is 12.2. The Balaban J connectivity index is 1.92. The summed E-state index contributed by atoms with van der Waals surface area (Å²) in [5.74, 6) is 2.00. The Labute approximate surface area is 190 Å². The first-order valence-electron chi connectivity index (χ1n) is 12.4. The monoisotopic (exact) mass is 417 g/mol. The minimum absolute atomic E-state index is 0.523. The average molecular weight is 418 g/mol. The number of unbranched alkanes of at least 4 members (excludes halogenated alkanes) is 4. The lowest BCUT2D eigenvalue weighted by molar-refractivity contribution is -0.704. The topological polar surface area (TPSA) is 8.81 Å². The van der Waals surface area contributed by atoms with Gasteiger partial charge < -0.3 is 0 Å². The highest BCUT2D eigenvalue weighted by atomic mass is 15.2. The molecule has 2 heteroatoms. The van der Waals surface area contributed by atoms with E-state index in [-0.39, 0.29) is 0 Å². The minimum atomic E-state index is 0.523. The molecule has 1 aromatic heterocycles. The molecule has 2 aromatic carbocycles. The van der Waals surface area contributed by atoms with Gasteiger partial charge in [0.1, 0.15) is 11.9 Å². The van der Waals surface area contributed by atoms with Crippen LogP contribution < -0.4 is 4.57 Å². The molecule has 31 heavy (non-hydrogen) atoms. The van der Waals surface area contributed by atoms with E-state index in [9.17, 15) is 0 Å². The van der Waals surface area contributed by atoms with E-state index >= 15 is 0 Å². The molecule has 3 aromatic rings. The molecule has 0 saturated heterocycles. The van der Waals surface area contributed by atoms with Crippen LogP contribution in [0.4, 0.5) is 0 Å². The molecule has 0 aliphatic heterocycles. The van der Waals surface area contributed by atoms with Crippen molar-refractivity contribution in [3.05, 3.63) is 89.5 Å². The maximum atomic E-state index is 2.66. The molecule has 166 valence electrons. The number of imidazole rings is 1. The van der Waals surface area contributed by atoms with Crippen LogP contribution in [0.25, 0.3) is 0 Å². The first kappa shape index (κ1) is 23.3. The zero-order valence-corrected chi connectivity index (χ0v) is 19.9. The molecule has 0 radical (unpaired) electrons. The average Bonchev–Trinajstić information content (AvgIpc) is 3.12. The molecule has 0 bridgehead atoms. The van der Waals surface area contributed by atoms with Gasteiger partial charge in [-0.1, -0.05) is 101 Å². The summed E-state index contributed by atoms with van der Waals surface area (Å²) in [5, 5.41) is 0. The van der Waals surface area contributed by atoms with Gasteiger partial charge in [-0.15, -0.1) is 0 Å². The van der Waals surface area contributed by atoms with Gasteiger partial charge in [-0.05, 0) is 36.3 Å². The van der Waals surface area contributed by atoms with Crippen LogP contribution in [0.3, 0.4) is 0 Å². The Morgan fingerprint density at radius 2 is 1.48 bits per heavy atom. The molecule has 0 aliphatic rings. The highest BCUT2D eigenvalue weighted by Gasteiger charge is 2.24. The summed E-state index contributed by atoms with van der Waals surface area (Å²) in [5.41, 5.74) is 4.34. The van der Waals surface area contributed by atoms with Crippen molar-refractivity contribution in [2.24, 2.45) is 0 Å². The van der Waals surface area contributed by atoms with Gasteiger partial charge in [-0.25, -0.2) is 9.13 Å². The molecule has 0 aliphatic carbocycles. The van der Waals surface area contributed by atoms with Gasteiger partial charge in [0.05, 0.1) is 19.5 Å². The van der Waals surface area contributed by atoms with Crippen LogP contribution in [-0.4, -0.2) is 4.57 Å². The predicted molar refractivity (Wildman–Crippen MR) is 131 cm³/mol. The van der Waals surface area contributed by atoms with Gasteiger partial charge in [0.2, 0.25) is 0 Å². The quantitative estimate of drug-likeness (QED) is 0.207. The van der Waals surface area contributed by atoms with E-state index in [1.54, 1.807) is 0 Å². The van der Waals surface area contributed by atoms with Gasteiger partial charge >= 0.3 is 0 Å². The summed E-state index contributed by atoms with van der Waals surface area (Å²) in [6.07, 6.45) is 12.3. The molecule has 0 saturated carbocycles. The van der Waals surface area contributed by atoms with Crippen molar-refractivity contribution in [3.8, 4) is 0 Å². The SMILES string of the molecule is CCCCCCn1c(CC(C)c2ccccc2)c[n+](CCCC)c1Cc1ccccc1. The highest BCUT2D eigenvalue weighted by Crippen LogP contribution is 2.22. The second-order valence-electron chi connectivity index (χ2n) is 8.97. The van der Waals surface area contributed by atoms with Crippen molar-refractivity contribution in [2.75, 3.05) is 0 Å². The van der Waals surface area contributed by atoms with Crippen LogP contribution in [0.2, 0.25) is 0 Å². The van der Waals surface area contributed by atoms with Crippen molar-refractivity contribution < 1.29 is 4.57 Å². The lowest BCUT2D eigenvalue weighted by Gasteiger charge is -2.12. The molecule has 1 atom stereocenters. The van der Waals surface area contributed by atoms with Crippen molar-refractivity contribution in [1.82, 2.24) is 4.57 Å². The molecule has 0 fully saturated rings. The number of hydrogen-bond donors (Lipinski definition) is 0. The third-order valence-corrected chi connectivity index (χ3v) is 6.37. The minimum Gasteiger partial charge on any atom is -0.234 e. The van der Waals surface area contributed by atoms with E-state index in [0.29, 0.717) is 5.92 Å². The van der Waals surface area contributed by atoms with E-state index in [0.717, 1.165) is 25.9 Å². The summed E-state index contributed by atoms with van der Waals surface area (Å²) >= 11 is 0. The smallest absolute Gasteiger partial charge is 0.234 e. The van der Waals surface area contributed by atoms with Crippen molar-refractivity contribution in [3.63, 3.8) is 0 Å². The second kappa shape index (κ2) is 12.5. The molecule has 2 nitrogen and oxygen atoms in total. The Hall–Kier alpha value is -2.35. The molecule has 0 spiro atoms. The maximum Gasteiger partial charge on any atom is 0.261 e. The third-order valence-electron chi connectivity index (χ3n) is 6.37. The largest absolute Gasteiger partial charge is 0.261 e. The van der Waals surface area contributed by atoms with E-state index in [2.05, 4.69) is 96.8 Å². The third kappa shape index (κ3) is 6.82. The predicted octanol–water partition coefficient (Wildman–Crippen LogP) is 7.09. The van der Waals surface area contributed by atoms with Gasteiger partial charge in [0.25, 0.3) is 5.82 Å². The van der Waals surface area contributed by atoms with Gasteiger partial charge in [-0.3, -0.25) is 0 Å². The lowest BCUT2D eigenvalue weighted by Crippen LogP contribution is -2.37. The Bertz CT molecular complexity index is 880. The number of aromatic nitrogens is 2. The van der Waals surface area contributed by atoms with Gasteiger partial charge in [-0.2, -0.15) is 0 Å². The van der Waals surface area contributed by atoms with Crippen LogP contribution >= 0.6 is 0 Å². The number of nitrogens with zero attached hydrogens (tertiary/aromatic N) is 2. The summed E-state index contributed by atoms with van der Waals surface area (Å²) in [7, 11) is 0.